The lowest BCUT2D eigenvalue weighted by Crippen LogP contribution is -2.41. The van der Waals surface area contributed by atoms with Crippen molar-refractivity contribution < 1.29 is 13.9 Å². The summed E-state index contributed by atoms with van der Waals surface area (Å²) in [6.07, 6.45) is 5.40. The van der Waals surface area contributed by atoms with Crippen molar-refractivity contribution in [2.75, 3.05) is 13.7 Å². The smallest absolute Gasteiger partial charge is 0.162 e. The molecule has 3 nitrogen and oxygen atoms in total. The molecule has 0 amide bonds. The van der Waals surface area contributed by atoms with Crippen LogP contribution in [0.4, 0.5) is 4.39 Å². The standard InChI is InChI=1S/C24H30FNO2.ClH/c1-18-6-3-4-7-22(18)24(28-2)15-13-21(14-16-24)26-17-5-8-23(27)19-9-11-20(25)12-10-19;/h3-4,6-7,9-12,21,26H,5,8,13-17H2,1-2H3;1H. The first-order chi connectivity index (χ1) is 13.5. The van der Waals surface area contributed by atoms with Gasteiger partial charge in [-0.2, -0.15) is 0 Å². The lowest BCUT2D eigenvalue weighted by atomic mass is 9.76. The van der Waals surface area contributed by atoms with E-state index in [0.29, 0.717) is 18.0 Å². The van der Waals surface area contributed by atoms with E-state index >= 15 is 0 Å². The van der Waals surface area contributed by atoms with E-state index in [4.69, 9.17) is 4.74 Å². The van der Waals surface area contributed by atoms with Crippen LogP contribution in [-0.2, 0) is 10.3 Å². The number of carbonyl (C=O) groups is 1. The molecular formula is C24H31ClFNO2. The second-order valence-electron chi connectivity index (χ2n) is 7.78. The summed E-state index contributed by atoms with van der Waals surface area (Å²) in [5.41, 5.74) is 3.00. The first kappa shape index (κ1) is 23.5. The van der Waals surface area contributed by atoms with Crippen molar-refractivity contribution in [2.24, 2.45) is 0 Å². The SMILES string of the molecule is COC1(c2ccccc2C)CCC(NCCCC(=O)c2ccc(F)cc2)CC1.Cl. The topological polar surface area (TPSA) is 38.3 Å². The molecule has 0 spiro atoms. The Bertz CT molecular complexity index is 786. The van der Waals surface area contributed by atoms with Gasteiger partial charge in [0, 0.05) is 25.1 Å². The molecule has 2 aromatic rings. The van der Waals surface area contributed by atoms with Gasteiger partial charge in [-0.3, -0.25) is 4.79 Å². The van der Waals surface area contributed by atoms with Gasteiger partial charge in [-0.05, 0) is 81.0 Å². The number of Topliss-reactive ketones (excluding diaryl/α,β-unsaturated/α-hetero) is 1. The number of rotatable bonds is 8. The highest BCUT2D eigenvalue weighted by Crippen LogP contribution is 2.41. The van der Waals surface area contributed by atoms with Crippen molar-refractivity contribution in [3.63, 3.8) is 0 Å². The van der Waals surface area contributed by atoms with Crippen molar-refractivity contribution in [1.82, 2.24) is 5.32 Å². The molecule has 5 heteroatoms. The van der Waals surface area contributed by atoms with E-state index in [1.54, 1.807) is 12.1 Å². The molecule has 1 fully saturated rings. The maximum atomic E-state index is 12.9. The van der Waals surface area contributed by atoms with Crippen molar-refractivity contribution in [3.05, 3.63) is 71.0 Å². The van der Waals surface area contributed by atoms with E-state index in [9.17, 15) is 9.18 Å². The summed E-state index contributed by atoms with van der Waals surface area (Å²) < 4.78 is 19.0. The number of hydrogen-bond acceptors (Lipinski definition) is 3. The van der Waals surface area contributed by atoms with Gasteiger partial charge in [0.05, 0.1) is 5.60 Å². The molecule has 0 bridgehead atoms. The summed E-state index contributed by atoms with van der Waals surface area (Å²) in [6, 6.07) is 14.8. The molecule has 2 aromatic carbocycles. The molecule has 0 saturated heterocycles. The van der Waals surface area contributed by atoms with Crippen LogP contribution in [0.1, 0.15) is 60.0 Å². The number of carbonyl (C=O) groups excluding carboxylic acids is 1. The molecule has 0 heterocycles. The summed E-state index contributed by atoms with van der Waals surface area (Å²) in [7, 11) is 1.82. The third-order valence-corrected chi connectivity index (χ3v) is 6.00. The van der Waals surface area contributed by atoms with Gasteiger partial charge < -0.3 is 10.1 Å². The van der Waals surface area contributed by atoms with E-state index in [1.807, 2.05) is 7.11 Å². The Hall–Kier alpha value is -1.75. The van der Waals surface area contributed by atoms with Gasteiger partial charge in [-0.15, -0.1) is 12.4 Å². The summed E-state index contributed by atoms with van der Waals surface area (Å²) in [4.78, 5) is 12.2. The molecule has 0 atom stereocenters. The number of ketones is 1. The Kier molecular flexibility index (Phi) is 8.81. The van der Waals surface area contributed by atoms with Gasteiger partial charge in [-0.25, -0.2) is 4.39 Å². The van der Waals surface area contributed by atoms with Crippen LogP contribution in [0.2, 0.25) is 0 Å². The van der Waals surface area contributed by atoms with Gasteiger partial charge in [0.15, 0.2) is 5.78 Å². The van der Waals surface area contributed by atoms with E-state index in [-0.39, 0.29) is 29.6 Å². The first-order valence-electron chi connectivity index (χ1n) is 10.2. The van der Waals surface area contributed by atoms with Crippen molar-refractivity contribution in [1.29, 1.82) is 0 Å². The zero-order valence-corrected chi connectivity index (χ0v) is 18.1. The quantitative estimate of drug-likeness (QED) is 0.447. The molecule has 3 rings (SSSR count). The molecule has 158 valence electrons. The average Bonchev–Trinajstić information content (AvgIpc) is 2.72. The third kappa shape index (κ3) is 5.88. The highest BCUT2D eigenvalue weighted by atomic mass is 35.5. The maximum Gasteiger partial charge on any atom is 0.162 e. The minimum absolute atomic E-state index is 0. The van der Waals surface area contributed by atoms with Crippen LogP contribution in [0.15, 0.2) is 48.5 Å². The van der Waals surface area contributed by atoms with E-state index in [1.165, 1.54) is 23.3 Å². The lowest BCUT2D eigenvalue weighted by molar-refractivity contribution is -0.0504. The van der Waals surface area contributed by atoms with Gasteiger partial charge in [0.25, 0.3) is 0 Å². The van der Waals surface area contributed by atoms with Crippen LogP contribution in [0.5, 0.6) is 0 Å². The zero-order chi connectivity index (χ0) is 20.0. The summed E-state index contributed by atoms with van der Waals surface area (Å²) in [5, 5.41) is 3.60. The van der Waals surface area contributed by atoms with Gasteiger partial charge in [-0.1, -0.05) is 24.3 Å². The van der Waals surface area contributed by atoms with Crippen LogP contribution in [0, 0.1) is 12.7 Å². The Balaban J connectivity index is 0.00000300. The highest BCUT2D eigenvalue weighted by molar-refractivity contribution is 5.95. The number of halogens is 2. The third-order valence-electron chi connectivity index (χ3n) is 6.00. The highest BCUT2D eigenvalue weighted by Gasteiger charge is 2.37. The molecule has 29 heavy (non-hydrogen) atoms. The molecule has 1 saturated carbocycles. The second kappa shape index (κ2) is 10.9. The fourth-order valence-corrected chi connectivity index (χ4v) is 4.29. The predicted octanol–water partition coefficient (Wildman–Crippen LogP) is 5.59. The van der Waals surface area contributed by atoms with Gasteiger partial charge in [0.2, 0.25) is 0 Å². The average molecular weight is 420 g/mol. The van der Waals surface area contributed by atoms with Crippen LogP contribution in [-0.4, -0.2) is 25.5 Å². The number of ether oxygens (including phenoxy) is 1. The van der Waals surface area contributed by atoms with Crippen LogP contribution >= 0.6 is 12.4 Å². The summed E-state index contributed by atoms with van der Waals surface area (Å²) in [5.74, 6) is -0.239. The zero-order valence-electron chi connectivity index (χ0n) is 17.2. The summed E-state index contributed by atoms with van der Waals surface area (Å²) >= 11 is 0. The minimum atomic E-state index is -0.312. The fourth-order valence-electron chi connectivity index (χ4n) is 4.29. The lowest BCUT2D eigenvalue weighted by Gasteiger charge is -2.40. The van der Waals surface area contributed by atoms with E-state index < -0.39 is 0 Å². The minimum Gasteiger partial charge on any atom is -0.374 e. The first-order valence-corrected chi connectivity index (χ1v) is 10.2. The Labute approximate surface area is 179 Å². The summed E-state index contributed by atoms with van der Waals surface area (Å²) in [6.45, 7) is 2.97. The van der Waals surface area contributed by atoms with E-state index in [2.05, 4.69) is 36.5 Å². The van der Waals surface area contributed by atoms with Crippen LogP contribution in [0.25, 0.3) is 0 Å². The van der Waals surface area contributed by atoms with Crippen molar-refractivity contribution in [2.45, 2.75) is 57.1 Å². The van der Waals surface area contributed by atoms with Crippen LogP contribution < -0.4 is 5.32 Å². The molecule has 0 radical (unpaired) electrons. The van der Waals surface area contributed by atoms with Crippen LogP contribution in [0.3, 0.4) is 0 Å². The Morgan fingerprint density at radius 2 is 1.79 bits per heavy atom. The molecule has 0 aromatic heterocycles. The number of methoxy groups -OCH3 is 1. The number of nitrogens with one attached hydrogen (secondary N) is 1. The monoisotopic (exact) mass is 419 g/mol. The molecule has 1 aliphatic carbocycles. The Morgan fingerprint density at radius 1 is 1.14 bits per heavy atom. The Morgan fingerprint density at radius 3 is 2.41 bits per heavy atom. The largest absolute Gasteiger partial charge is 0.374 e. The van der Waals surface area contributed by atoms with Gasteiger partial charge in [0.1, 0.15) is 5.82 Å². The van der Waals surface area contributed by atoms with Gasteiger partial charge >= 0.3 is 0 Å². The molecule has 0 aliphatic heterocycles. The second-order valence-corrected chi connectivity index (χ2v) is 7.78. The number of benzene rings is 2. The molecule has 1 aliphatic rings. The van der Waals surface area contributed by atoms with Crippen molar-refractivity contribution >= 4 is 18.2 Å². The number of hydrogen-bond donors (Lipinski definition) is 1. The van der Waals surface area contributed by atoms with E-state index in [0.717, 1.165) is 38.6 Å². The normalized spacial score (nSPS) is 21.4. The number of aryl methyl sites for hydroxylation is 1. The molecule has 1 N–H and O–H groups in total. The fraction of sp³-hybridized carbons (Fsp3) is 0.458. The maximum absolute atomic E-state index is 12.9. The predicted molar refractivity (Wildman–Crippen MR) is 117 cm³/mol. The molecular weight excluding hydrogens is 389 g/mol. The van der Waals surface area contributed by atoms with Crippen molar-refractivity contribution in [3.8, 4) is 0 Å². The molecule has 0 unspecified atom stereocenters.